The molecule has 1 saturated carbocycles. The molecule has 0 aromatic heterocycles. The lowest BCUT2D eigenvalue weighted by atomic mass is 9.94. The highest BCUT2D eigenvalue weighted by molar-refractivity contribution is 5.86. The molecule has 1 aromatic rings. The first kappa shape index (κ1) is 14.9. The number of benzene rings is 1. The quantitative estimate of drug-likeness (QED) is 0.661. The van der Waals surface area contributed by atoms with Crippen LogP contribution >= 0.6 is 0 Å². The third kappa shape index (κ3) is 3.01. The largest absolute Gasteiger partial charge is 0.299 e. The van der Waals surface area contributed by atoms with Crippen molar-refractivity contribution in [2.75, 3.05) is 0 Å². The van der Waals surface area contributed by atoms with E-state index in [2.05, 4.69) is 24.3 Å². The van der Waals surface area contributed by atoms with Crippen molar-refractivity contribution < 1.29 is 4.79 Å². The second-order valence-corrected chi connectivity index (χ2v) is 4.55. The summed E-state index contributed by atoms with van der Waals surface area (Å²) in [7, 11) is 0. The molecule has 2 atom stereocenters. The Labute approximate surface area is 112 Å². The van der Waals surface area contributed by atoms with Crippen LogP contribution in [0, 0.1) is 11.8 Å². The second kappa shape index (κ2) is 7.35. The summed E-state index contributed by atoms with van der Waals surface area (Å²) in [4.78, 5) is 11.9. The van der Waals surface area contributed by atoms with Crippen molar-refractivity contribution in [2.45, 2.75) is 53.4 Å². The van der Waals surface area contributed by atoms with Gasteiger partial charge in [0.05, 0.1) is 0 Å². The number of rotatable bonds is 0. The highest BCUT2D eigenvalue weighted by Gasteiger charge is 2.36. The highest BCUT2D eigenvalue weighted by atomic mass is 16.1. The molecule has 2 bridgehead atoms. The number of carbonyl (C=O) groups is 1. The van der Waals surface area contributed by atoms with E-state index in [0.717, 1.165) is 25.7 Å². The van der Waals surface area contributed by atoms with Crippen molar-refractivity contribution in [3.63, 3.8) is 0 Å². The monoisotopic (exact) mass is 246 g/mol. The number of fused-ring (bicyclic) bond motifs is 3. The molecule has 18 heavy (non-hydrogen) atoms. The Kier molecular flexibility index (Phi) is 6.11. The number of hydrogen-bond acceptors (Lipinski definition) is 1. The van der Waals surface area contributed by atoms with Crippen molar-refractivity contribution in [3.05, 3.63) is 35.4 Å². The van der Waals surface area contributed by atoms with Crippen LogP contribution in [0.3, 0.4) is 0 Å². The topological polar surface area (TPSA) is 17.1 Å². The fourth-order valence-electron chi connectivity index (χ4n) is 2.91. The minimum atomic E-state index is 0.337. The van der Waals surface area contributed by atoms with E-state index in [1.54, 1.807) is 0 Å². The molecule has 0 heterocycles. The normalized spacial score (nSPS) is 23.9. The first-order chi connectivity index (χ1) is 8.84. The molecule has 1 heteroatoms. The Balaban J connectivity index is 0.000000371. The maximum Gasteiger partial charge on any atom is 0.139 e. The predicted molar refractivity (Wildman–Crippen MR) is 77.8 cm³/mol. The summed E-state index contributed by atoms with van der Waals surface area (Å²) in [6.45, 7) is 8.00. The molecule has 0 N–H and O–H groups in total. The van der Waals surface area contributed by atoms with Crippen LogP contribution in [0.1, 0.15) is 51.7 Å². The van der Waals surface area contributed by atoms with Crippen LogP contribution in [-0.4, -0.2) is 5.78 Å². The van der Waals surface area contributed by atoms with Gasteiger partial charge in [-0.15, -0.1) is 0 Å². The summed E-state index contributed by atoms with van der Waals surface area (Å²) in [5.41, 5.74) is 2.82. The van der Waals surface area contributed by atoms with Crippen molar-refractivity contribution in [3.8, 4) is 0 Å². The van der Waals surface area contributed by atoms with Gasteiger partial charge in [0, 0.05) is 11.8 Å². The second-order valence-electron chi connectivity index (χ2n) is 4.55. The standard InChI is InChI=1S/C13H14O.2C2H6/c14-13-11-5-6-12(13)8-10-4-2-1-3-9(10)7-11;2*1-2/h1-4,11-12H,5-8H2;2*1-2H3/t11-,12?;;/m1../s1. The minimum Gasteiger partial charge on any atom is -0.299 e. The van der Waals surface area contributed by atoms with Gasteiger partial charge >= 0.3 is 0 Å². The van der Waals surface area contributed by atoms with Crippen molar-refractivity contribution in [2.24, 2.45) is 11.8 Å². The van der Waals surface area contributed by atoms with Crippen LogP contribution in [0.5, 0.6) is 0 Å². The summed E-state index contributed by atoms with van der Waals surface area (Å²) in [5.74, 6) is 1.20. The number of carbonyl (C=O) groups excluding carboxylic acids is 1. The molecule has 1 nitrogen and oxygen atoms in total. The predicted octanol–water partition coefficient (Wildman–Crippen LogP) is 4.43. The lowest BCUT2D eigenvalue weighted by Gasteiger charge is -2.10. The Morgan fingerprint density at radius 1 is 0.833 bits per heavy atom. The Bertz CT molecular complexity index is 346. The molecule has 0 radical (unpaired) electrons. The van der Waals surface area contributed by atoms with E-state index in [1.807, 2.05) is 27.7 Å². The van der Waals surface area contributed by atoms with Crippen molar-refractivity contribution in [1.82, 2.24) is 0 Å². The molecule has 0 aliphatic heterocycles. The van der Waals surface area contributed by atoms with Crippen LogP contribution in [0.15, 0.2) is 24.3 Å². The van der Waals surface area contributed by atoms with Gasteiger partial charge in [-0.3, -0.25) is 4.79 Å². The van der Waals surface area contributed by atoms with Gasteiger partial charge in [0.2, 0.25) is 0 Å². The molecule has 0 amide bonds. The molecular weight excluding hydrogens is 220 g/mol. The number of ketones is 1. The van der Waals surface area contributed by atoms with E-state index >= 15 is 0 Å². The van der Waals surface area contributed by atoms with E-state index in [1.165, 1.54) is 11.1 Å². The van der Waals surface area contributed by atoms with Crippen LogP contribution in [0.2, 0.25) is 0 Å². The van der Waals surface area contributed by atoms with Crippen LogP contribution in [-0.2, 0) is 17.6 Å². The van der Waals surface area contributed by atoms with Gasteiger partial charge in [0.15, 0.2) is 0 Å². The zero-order valence-corrected chi connectivity index (χ0v) is 12.2. The molecule has 2 aliphatic rings. The highest BCUT2D eigenvalue weighted by Crippen LogP contribution is 2.36. The van der Waals surface area contributed by atoms with E-state index in [-0.39, 0.29) is 0 Å². The maximum absolute atomic E-state index is 11.9. The molecule has 100 valence electrons. The van der Waals surface area contributed by atoms with Gasteiger partial charge in [-0.1, -0.05) is 52.0 Å². The average Bonchev–Trinajstić information content (AvgIpc) is 2.69. The smallest absolute Gasteiger partial charge is 0.139 e. The molecular formula is C17H26O. The van der Waals surface area contributed by atoms with Gasteiger partial charge in [-0.05, 0) is 36.8 Å². The lowest BCUT2D eigenvalue weighted by molar-refractivity contribution is -0.123. The van der Waals surface area contributed by atoms with Gasteiger partial charge < -0.3 is 0 Å². The van der Waals surface area contributed by atoms with Crippen LogP contribution < -0.4 is 0 Å². The third-order valence-electron chi connectivity index (χ3n) is 3.72. The zero-order chi connectivity index (χ0) is 13.5. The Morgan fingerprint density at radius 2 is 1.22 bits per heavy atom. The van der Waals surface area contributed by atoms with E-state index in [4.69, 9.17) is 0 Å². The van der Waals surface area contributed by atoms with Gasteiger partial charge in [0.25, 0.3) is 0 Å². The Hall–Kier alpha value is -1.11. The molecule has 1 fully saturated rings. The van der Waals surface area contributed by atoms with E-state index in [0.29, 0.717) is 17.6 Å². The summed E-state index contributed by atoms with van der Waals surface area (Å²) in [6, 6.07) is 8.54. The number of hydrogen-bond donors (Lipinski definition) is 0. The van der Waals surface area contributed by atoms with Gasteiger partial charge in [-0.2, -0.15) is 0 Å². The first-order valence-electron chi connectivity index (χ1n) is 7.45. The van der Waals surface area contributed by atoms with E-state index < -0.39 is 0 Å². The van der Waals surface area contributed by atoms with Crippen LogP contribution in [0.25, 0.3) is 0 Å². The molecule has 2 aliphatic carbocycles. The first-order valence-corrected chi connectivity index (χ1v) is 7.45. The fraction of sp³-hybridized carbons (Fsp3) is 0.588. The molecule has 0 spiro atoms. The Morgan fingerprint density at radius 3 is 1.61 bits per heavy atom. The molecule has 1 unspecified atom stereocenters. The van der Waals surface area contributed by atoms with Gasteiger partial charge in [0.1, 0.15) is 5.78 Å². The summed E-state index contributed by atoms with van der Waals surface area (Å²) in [5, 5.41) is 0. The fourth-order valence-corrected chi connectivity index (χ4v) is 2.91. The minimum absolute atomic E-state index is 0.337. The average molecular weight is 246 g/mol. The molecule has 1 aromatic carbocycles. The third-order valence-corrected chi connectivity index (χ3v) is 3.72. The van der Waals surface area contributed by atoms with Crippen molar-refractivity contribution in [1.29, 1.82) is 0 Å². The maximum atomic E-state index is 11.9. The molecule has 0 saturated heterocycles. The van der Waals surface area contributed by atoms with Crippen LogP contribution in [0.4, 0.5) is 0 Å². The number of Topliss-reactive ketones (excluding diaryl/α,β-unsaturated/α-hetero) is 1. The summed E-state index contributed by atoms with van der Waals surface area (Å²) < 4.78 is 0. The molecule has 3 rings (SSSR count). The van der Waals surface area contributed by atoms with Crippen molar-refractivity contribution >= 4 is 5.78 Å². The zero-order valence-electron chi connectivity index (χ0n) is 12.2. The SMILES string of the molecule is CC.CC.O=C1C2CC[C@@H]1Cc1ccccc1C2. The summed E-state index contributed by atoms with van der Waals surface area (Å²) >= 11 is 0. The van der Waals surface area contributed by atoms with Gasteiger partial charge in [-0.25, -0.2) is 0 Å². The lowest BCUT2D eigenvalue weighted by Crippen LogP contribution is -2.13. The van der Waals surface area contributed by atoms with E-state index in [9.17, 15) is 4.79 Å². The summed E-state index contributed by atoms with van der Waals surface area (Å²) in [6.07, 6.45) is 4.23.